The first kappa shape index (κ1) is 13.5. The van der Waals surface area contributed by atoms with Crippen LogP contribution in [0.1, 0.15) is 25.5 Å². The van der Waals surface area contributed by atoms with E-state index < -0.39 is 0 Å². The highest BCUT2D eigenvalue weighted by Gasteiger charge is 2.11. The molecule has 1 amide bonds. The summed E-state index contributed by atoms with van der Waals surface area (Å²) in [4.78, 5) is 13.2. The first-order valence-electron chi connectivity index (χ1n) is 5.77. The van der Waals surface area contributed by atoms with E-state index in [4.69, 9.17) is 10.5 Å². The van der Waals surface area contributed by atoms with E-state index in [0.29, 0.717) is 12.3 Å². The number of carbonyl (C=O) groups is 1. The van der Waals surface area contributed by atoms with Crippen LogP contribution in [0.3, 0.4) is 0 Å². The molecule has 2 N–H and O–H groups in total. The maximum absolute atomic E-state index is 11.6. The van der Waals surface area contributed by atoms with Crippen LogP contribution in [0.2, 0.25) is 0 Å². The largest absolute Gasteiger partial charge is 0.483 e. The van der Waals surface area contributed by atoms with E-state index >= 15 is 0 Å². The molecule has 1 atom stereocenters. The predicted molar refractivity (Wildman–Crippen MR) is 67.9 cm³/mol. The molecule has 0 bridgehead atoms. The summed E-state index contributed by atoms with van der Waals surface area (Å²) in [5.41, 5.74) is 6.75. The molecular formula is C13H20N2O2. The van der Waals surface area contributed by atoms with Crippen LogP contribution in [0.5, 0.6) is 5.75 Å². The van der Waals surface area contributed by atoms with E-state index in [1.807, 2.05) is 38.1 Å². The van der Waals surface area contributed by atoms with E-state index in [1.54, 1.807) is 11.9 Å². The molecule has 0 aromatic heterocycles. The van der Waals surface area contributed by atoms with Crippen LogP contribution in [0.15, 0.2) is 24.3 Å². The fourth-order valence-electron chi connectivity index (χ4n) is 1.41. The lowest BCUT2D eigenvalue weighted by Gasteiger charge is -2.17. The second-order valence-electron chi connectivity index (χ2n) is 4.02. The quantitative estimate of drug-likeness (QED) is 0.844. The van der Waals surface area contributed by atoms with Gasteiger partial charge in [0.25, 0.3) is 5.91 Å². The molecule has 0 spiro atoms. The number of nitrogens with zero attached hydrogens (tertiary/aromatic N) is 1. The molecule has 0 radical (unpaired) electrons. The zero-order valence-electron chi connectivity index (χ0n) is 10.6. The molecule has 0 aliphatic rings. The van der Waals surface area contributed by atoms with Gasteiger partial charge in [-0.05, 0) is 19.9 Å². The lowest BCUT2D eigenvalue weighted by Crippen LogP contribution is -2.31. The lowest BCUT2D eigenvalue weighted by molar-refractivity contribution is -0.131. The van der Waals surface area contributed by atoms with Gasteiger partial charge in [0.1, 0.15) is 5.75 Å². The third-order valence-electron chi connectivity index (χ3n) is 2.66. The van der Waals surface area contributed by atoms with Crippen molar-refractivity contribution in [1.82, 2.24) is 4.90 Å². The minimum atomic E-state index is -0.106. The van der Waals surface area contributed by atoms with Crippen LogP contribution in [0.4, 0.5) is 0 Å². The molecule has 0 fully saturated rings. The number of ether oxygens (including phenoxy) is 1. The van der Waals surface area contributed by atoms with Gasteiger partial charge in [-0.3, -0.25) is 4.79 Å². The summed E-state index contributed by atoms with van der Waals surface area (Å²) < 4.78 is 5.51. The van der Waals surface area contributed by atoms with Crippen LogP contribution in [-0.2, 0) is 4.79 Å². The van der Waals surface area contributed by atoms with Crippen molar-refractivity contribution >= 4 is 5.91 Å². The summed E-state index contributed by atoms with van der Waals surface area (Å²) in [5.74, 6) is 0.646. The van der Waals surface area contributed by atoms with Crippen molar-refractivity contribution in [2.45, 2.75) is 19.9 Å². The molecule has 4 nitrogen and oxygen atoms in total. The standard InChI is InChI=1S/C13H20N2O2/c1-4-15(3)13(16)9-17-12-8-6-5-7-11(12)10(2)14/h5-8,10H,4,9,14H2,1-3H3. The molecule has 4 heteroatoms. The van der Waals surface area contributed by atoms with E-state index in [9.17, 15) is 4.79 Å². The summed E-state index contributed by atoms with van der Waals surface area (Å²) in [6.45, 7) is 4.54. The van der Waals surface area contributed by atoms with Crippen molar-refractivity contribution in [2.75, 3.05) is 20.2 Å². The Labute approximate surface area is 102 Å². The van der Waals surface area contributed by atoms with Gasteiger partial charge in [-0.2, -0.15) is 0 Å². The van der Waals surface area contributed by atoms with Gasteiger partial charge in [-0.15, -0.1) is 0 Å². The fourth-order valence-corrected chi connectivity index (χ4v) is 1.41. The first-order valence-corrected chi connectivity index (χ1v) is 5.77. The molecule has 1 rings (SSSR count). The zero-order chi connectivity index (χ0) is 12.8. The highest BCUT2D eigenvalue weighted by Crippen LogP contribution is 2.22. The van der Waals surface area contributed by atoms with Crippen LogP contribution in [0, 0.1) is 0 Å². The molecule has 17 heavy (non-hydrogen) atoms. The number of amides is 1. The Kier molecular flexibility index (Phi) is 4.97. The number of hydrogen-bond donors (Lipinski definition) is 1. The van der Waals surface area contributed by atoms with E-state index in [-0.39, 0.29) is 18.6 Å². The Hall–Kier alpha value is -1.55. The molecule has 0 aliphatic carbocycles. The summed E-state index contributed by atoms with van der Waals surface area (Å²) in [6.07, 6.45) is 0. The van der Waals surface area contributed by atoms with Gasteiger partial charge in [0, 0.05) is 25.2 Å². The van der Waals surface area contributed by atoms with Crippen molar-refractivity contribution in [2.24, 2.45) is 5.73 Å². The number of benzene rings is 1. The van der Waals surface area contributed by atoms with Gasteiger partial charge in [-0.1, -0.05) is 18.2 Å². The molecule has 0 saturated heterocycles. The Morgan fingerprint density at radius 1 is 1.47 bits per heavy atom. The van der Waals surface area contributed by atoms with Crippen LogP contribution < -0.4 is 10.5 Å². The second kappa shape index (κ2) is 6.25. The number of rotatable bonds is 5. The normalized spacial score (nSPS) is 12.0. The summed E-state index contributed by atoms with van der Waals surface area (Å²) in [7, 11) is 1.75. The Balaban J connectivity index is 2.66. The van der Waals surface area contributed by atoms with Gasteiger partial charge >= 0.3 is 0 Å². The van der Waals surface area contributed by atoms with Crippen molar-refractivity contribution in [3.8, 4) is 5.75 Å². The molecule has 0 heterocycles. The highest BCUT2D eigenvalue weighted by atomic mass is 16.5. The average molecular weight is 236 g/mol. The summed E-state index contributed by atoms with van der Waals surface area (Å²) >= 11 is 0. The molecule has 0 aliphatic heterocycles. The fraction of sp³-hybridized carbons (Fsp3) is 0.462. The number of hydrogen-bond acceptors (Lipinski definition) is 3. The lowest BCUT2D eigenvalue weighted by atomic mass is 10.1. The SMILES string of the molecule is CCN(C)C(=O)COc1ccccc1C(C)N. The van der Waals surface area contributed by atoms with Crippen molar-refractivity contribution in [1.29, 1.82) is 0 Å². The first-order chi connectivity index (χ1) is 8.06. The molecule has 1 unspecified atom stereocenters. The highest BCUT2D eigenvalue weighted by molar-refractivity contribution is 5.77. The van der Waals surface area contributed by atoms with Crippen molar-refractivity contribution in [3.05, 3.63) is 29.8 Å². The van der Waals surface area contributed by atoms with Crippen LogP contribution in [-0.4, -0.2) is 31.0 Å². The predicted octanol–water partition coefficient (Wildman–Crippen LogP) is 1.56. The molecule has 1 aromatic rings. The van der Waals surface area contributed by atoms with Gasteiger partial charge in [-0.25, -0.2) is 0 Å². The minimum absolute atomic E-state index is 0.0352. The van der Waals surface area contributed by atoms with Crippen LogP contribution in [0.25, 0.3) is 0 Å². The third-order valence-corrected chi connectivity index (χ3v) is 2.66. The van der Waals surface area contributed by atoms with Gasteiger partial charge < -0.3 is 15.4 Å². The summed E-state index contributed by atoms with van der Waals surface area (Å²) in [5, 5.41) is 0. The molecule has 0 saturated carbocycles. The topological polar surface area (TPSA) is 55.6 Å². The number of carbonyl (C=O) groups excluding carboxylic acids is 1. The summed E-state index contributed by atoms with van der Waals surface area (Å²) in [6, 6.07) is 7.41. The van der Waals surface area contributed by atoms with Crippen molar-refractivity contribution in [3.63, 3.8) is 0 Å². The van der Waals surface area contributed by atoms with E-state index in [1.165, 1.54) is 0 Å². The maximum atomic E-state index is 11.6. The molecular weight excluding hydrogens is 216 g/mol. The molecule has 1 aromatic carbocycles. The Morgan fingerprint density at radius 2 is 2.12 bits per heavy atom. The maximum Gasteiger partial charge on any atom is 0.260 e. The Morgan fingerprint density at radius 3 is 2.71 bits per heavy atom. The zero-order valence-corrected chi connectivity index (χ0v) is 10.6. The molecule has 94 valence electrons. The van der Waals surface area contributed by atoms with E-state index in [0.717, 1.165) is 5.56 Å². The average Bonchev–Trinajstić information content (AvgIpc) is 2.35. The third kappa shape index (κ3) is 3.75. The van der Waals surface area contributed by atoms with Crippen molar-refractivity contribution < 1.29 is 9.53 Å². The van der Waals surface area contributed by atoms with Gasteiger partial charge in [0.2, 0.25) is 0 Å². The van der Waals surface area contributed by atoms with Gasteiger partial charge in [0.05, 0.1) is 0 Å². The van der Waals surface area contributed by atoms with Gasteiger partial charge in [0.15, 0.2) is 6.61 Å². The minimum Gasteiger partial charge on any atom is -0.483 e. The van der Waals surface area contributed by atoms with E-state index in [2.05, 4.69) is 0 Å². The number of nitrogens with two attached hydrogens (primary N) is 1. The van der Waals surface area contributed by atoms with Crippen LogP contribution >= 0.6 is 0 Å². The smallest absolute Gasteiger partial charge is 0.260 e. The number of likely N-dealkylation sites (N-methyl/N-ethyl adjacent to an activating group) is 1. The monoisotopic (exact) mass is 236 g/mol. The second-order valence-corrected chi connectivity index (χ2v) is 4.02. The Bertz CT molecular complexity index is 377. The number of para-hydroxylation sites is 1.